The number of likely N-dealkylation sites (tertiary alicyclic amines) is 1. The van der Waals surface area contributed by atoms with Crippen LogP contribution in [0.4, 0.5) is 0 Å². The Balaban J connectivity index is 1.93. The van der Waals surface area contributed by atoms with Crippen molar-refractivity contribution in [3.63, 3.8) is 0 Å². The summed E-state index contributed by atoms with van der Waals surface area (Å²) in [7, 11) is 0. The fourth-order valence-corrected chi connectivity index (χ4v) is 2.89. The number of carboxylic acid groups (broad SMARTS) is 1. The van der Waals surface area contributed by atoms with E-state index < -0.39 is 11.4 Å². The molecule has 6 heteroatoms. The molecule has 1 aromatic heterocycles. The summed E-state index contributed by atoms with van der Waals surface area (Å²) in [5, 5.41) is 16.0. The molecular formula is C14H21N3O3. The summed E-state index contributed by atoms with van der Waals surface area (Å²) in [5.74, 6) is -0.690. The minimum absolute atomic E-state index is 0.0322. The molecule has 1 saturated heterocycles. The molecule has 2 rings (SSSR count). The van der Waals surface area contributed by atoms with Crippen LogP contribution in [0.15, 0.2) is 12.3 Å². The molecule has 2 heterocycles. The smallest absolute Gasteiger partial charge is 0.309 e. The Morgan fingerprint density at radius 2 is 2.15 bits per heavy atom. The first-order chi connectivity index (χ1) is 9.57. The van der Waals surface area contributed by atoms with Crippen molar-refractivity contribution >= 4 is 11.9 Å². The minimum Gasteiger partial charge on any atom is -0.481 e. The number of piperidine rings is 1. The zero-order valence-electron chi connectivity index (χ0n) is 11.8. The quantitative estimate of drug-likeness (QED) is 0.854. The molecule has 0 aliphatic carbocycles. The number of aromatic amines is 1. The lowest BCUT2D eigenvalue weighted by atomic mass is 9.75. The molecule has 0 bridgehead atoms. The van der Waals surface area contributed by atoms with Gasteiger partial charge in [0.1, 0.15) is 0 Å². The van der Waals surface area contributed by atoms with E-state index in [1.165, 1.54) is 0 Å². The maximum Gasteiger partial charge on any atom is 0.309 e. The molecule has 0 radical (unpaired) electrons. The van der Waals surface area contributed by atoms with Crippen LogP contribution in [0.3, 0.4) is 0 Å². The largest absolute Gasteiger partial charge is 0.481 e. The molecule has 0 unspecified atom stereocenters. The molecule has 0 saturated carbocycles. The van der Waals surface area contributed by atoms with Gasteiger partial charge in [-0.25, -0.2) is 0 Å². The van der Waals surface area contributed by atoms with E-state index >= 15 is 0 Å². The Morgan fingerprint density at radius 1 is 1.45 bits per heavy atom. The molecule has 1 amide bonds. The molecule has 1 aliphatic heterocycles. The zero-order chi connectivity index (χ0) is 14.6. The number of carbonyl (C=O) groups is 2. The third-order valence-electron chi connectivity index (χ3n) is 4.16. The topological polar surface area (TPSA) is 86.3 Å². The molecule has 0 spiro atoms. The van der Waals surface area contributed by atoms with Crippen molar-refractivity contribution < 1.29 is 14.7 Å². The van der Waals surface area contributed by atoms with Crippen LogP contribution in [0, 0.1) is 5.41 Å². The van der Waals surface area contributed by atoms with Gasteiger partial charge in [-0.15, -0.1) is 0 Å². The number of carboxylic acids is 1. The molecule has 110 valence electrons. The number of amides is 1. The van der Waals surface area contributed by atoms with Crippen molar-refractivity contribution in [2.24, 2.45) is 5.41 Å². The van der Waals surface area contributed by atoms with Crippen LogP contribution in [-0.2, 0) is 16.0 Å². The van der Waals surface area contributed by atoms with E-state index in [9.17, 15) is 14.7 Å². The highest BCUT2D eigenvalue weighted by molar-refractivity contribution is 5.79. The fraction of sp³-hybridized carbons (Fsp3) is 0.643. The number of nitrogens with one attached hydrogen (secondary N) is 1. The third kappa shape index (κ3) is 3.00. The minimum atomic E-state index is -0.722. The Labute approximate surface area is 118 Å². The molecule has 1 fully saturated rings. The first kappa shape index (κ1) is 14.6. The fourth-order valence-electron chi connectivity index (χ4n) is 2.89. The number of aliphatic carboxylic acids is 1. The second-order valence-electron chi connectivity index (χ2n) is 5.47. The van der Waals surface area contributed by atoms with E-state index in [1.54, 1.807) is 17.2 Å². The van der Waals surface area contributed by atoms with Crippen molar-refractivity contribution in [3.05, 3.63) is 18.0 Å². The SMILES string of the molecule is CCCC1(C(=O)O)CCN(C(=O)Cc2ccn[nH]2)CC1. The van der Waals surface area contributed by atoms with E-state index in [2.05, 4.69) is 10.2 Å². The number of hydrogen-bond acceptors (Lipinski definition) is 3. The first-order valence-electron chi connectivity index (χ1n) is 7.07. The van der Waals surface area contributed by atoms with Gasteiger partial charge in [0.05, 0.1) is 11.8 Å². The lowest BCUT2D eigenvalue weighted by Gasteiger charge is -2.38. The molecule has 20 heavy (non-hydrogen) atoms. The Morgan fingerprint density at radius 3 is 2.65 bits per heavy atom. The van der Waals surface area contributed by atoms with Gasteiger partial charge in [0.2, 0.25) is 5.91 Å². The van der Waals surface area contributed by atoms with Gasteiger partial charge in [-0.3, -0.25) is 14.7 Å². The summed E-state index contributed by atoms with van der Waals surface area (Å²) >= 11 is 0. The molecule has 0 atom stereocenters. The highest BCUT2D eigenvalue weighted by atomic mass is 16.4. The summed E-state index contributed by atoms with van der Waals surface area (Å²) in [6.07, 6.45) is 4.55. The van der Waals surface area contributed by atoms with Crippen LogP contribution in [0.2, 0.25) is 0 Å². The Hall–Kier alpha value is -1.85. The van der Waals surface area contributed by atoms with Gasteiger partial charge >= 0.3 is 5.97 Å². The number of H-pyrrole nitrogens is 1. The van der Waals surface area contributed by atoms with Crippen LogP contribution in [0.25, 0.3) is 0 Å². The second kappa shape index (κ2) is 6.07. The van der Waals surface area contributed by atoms with Crippen molar-refractivity contribution in [1.82, 2.24) is 15.1 Å². The van der Waals surface area contributed by atoms with E-state index in [0.29, 0.717) is 38.8 Å². The summed E-state index contributed by atoms with van der Waals surface area (Å²) in [6, 6.07) is 1.78. The van der Waals surface area contributed by atoms with Crippen molar-refractivity contribution in [1.29, 1.82) is 0 Å². The Kier molecular flexibility index (Phi) is 4.42. The van der Waals surface area contributed by atoms with Crippen LogP contribution < -0.4 is 0 Å². The van der Waals surface area contributed by atoms with E-state index in [0.717, 1.165) is 12.1 Å². The van der Waals surface area contributed by atoms with Gasteiger partial charge in [-0.1, -0.05) is 13.3 Å². The van der Waals surface area contributed by atoms with Gasteiger partial charge in [0.25, 0.3) is 0 Å². The first-order valence-corrected chi connectivity index (χ1v) is 7.07. The van der Waals surface area contributed by atoms with E-state index in [1.807, 2.05) is 6.92 Å². The monoisotopic (exact) mass is 279 g/mol. The van der Waals surface area contributed by atoms with Crippen LogP contribution in [0.1, 0.15) is 38.3 Å². The number of carbonyl (C=O) groups excluding carboxylic acids is 1. The second-order valence-corrected chi connectivity index (χ2v) is 5.47. The van der Waals surface area contributed by atoms with Crippen molar-refractivity contribution in [3.8, 4) is 0 Å². The molecule has 6 nitrogen and oxygen atoms in total. The van der Waals surface area contributed by atoms with Crippen molar-refractivity contribution in [2.45, 2.75) is 39.0 Å². The zero-order valence-corrected chi connectivity index (χ0v) is 11.8. The van der Waals surface area contributed by atoms with Gasteiger partial charge in [0.15, 0.2) is 0 Å². The van der Waals surface area contributed by atoms with Gasteiger partial charge in [-0.05, 0) is 25.3 Å². The highest BCUT2D eigenvalue weighted by Gasteiger charge is 2.41. The van der Waals surface area contributed by atoms with Crippen molar-refractivity contribution in [2.75, 3.05) is 13.1 Å². The van der Waals surface area contributed by atoms with E-state index in [4.69, 9.17) is 0 Å². The number of aromatic nitrogens is 2. The lowest BCUT2D eigenvalue weighted by molar-refractivity contribution is -0.155. The predicted molar refractivity (Wildman–Crippen MR) is 73.1 cm³/mol. The third-order valence-corrected chi connectivity index (χ3v) is 4.16. The molecule has 2 N–H and O–H groups in total. The van der Waals surface area contributed by atoms with Gasteiger partial charge in [0, 0.05) is 25.0 Å². The summed E-state index contributed by atoms with van der Waals surface area (Å²) < 4.78 is 0. The molecule has 0 aromatic carbocycles. The maximum atomic E-state index is 12.1. The standard InChI is InChI=1S/C14H21N3O3/c1-2-4-14(13(19)20)5-8-17(9-6-14)12(18)10-11-3-7-15-16-11/h3,7H,2,4-6,8-10H2,1H3,(H,15,16)(H,19,20). The molecule has 1 aliphatic rings. The highest BCUT2D eigenvalue weighted by Crippen LogP contribution is 2.36. The molecule has 1 aromatic rings. The average Bonchev–Trinajstić information content (AvgIpc) is 2.92. The number of hydrogen-bond donors (Lipinski definition) is 2. The van der Waals surface area contributed by atoms with E-state index in [-0.39, 0.29) is 5.91 Å². The van der Waals surface area contributed by atoms with Gasteiger partial charge < -0.3 is 10.0 Å². The number of nitrogens with zero attached hydrogens (tertiary/aromatic N) is 2. The summed E-state index contributed by atoms with van der Waals surface area (Å²) in [4.78, 5) is 25.4. The predicted octanol–water partition coefficient (Wildman–Crippen LogP) is 1.45. The van der Waals surface area contributed by atoms with Crippen LogP contribution in [0.5, 0.6) is 0 Å². The van der Waals surface area contributed by atoms with Crippen LogP contribution >= 0.6 is 0 Å². The van der Waals surface area contributed by atoms with Crippen LogP contribution in [-0.4, -0.2) is 45.2 Å². The molecular weight excluding hydrogens is 258 g/mol. The summed E-state index contributed by atoms with van der Waals surface area (Å²) in [6.45, 7) is 3.05. The lowest BCUT2D eigenvalue weighted by Crippen LogP contribution is -2.47. The summed E-state index contributed by atoms with van der Waals surface area (Å²) in [5.41, 5.74) is 0.151. The number of rotatable bonds is 5. The van der Waals surface area contributed by atoms with Gasteiger partial charge in [-0.2, -0.15) is 5.10 Å². The maximum absolute atomic E-state index is 12.1. The average molecular weight is 279 g/mol. The Bertz CT molecular complexity index is 462. The normalized spacial score (nSPS) is 17.9.